The fraction of sp³-hybridized carbons (Fsp3) is 0.500. The number of ether oxygens (including phenoxy) is 1. The van der Waals surface area contributed by atoms with Gasteiger partial charge in [0.15, 0.2) is 5.88 Å². The van der Waals surface area contributed by atoms with Crippen molar-refractivity contribution < 1.29 is 4.74 Å². The van der Waals surface area contributed by atoms with E-state index in [-0.39, 0.29) is 0 Å². The van der Waals surface area contributed by atoms with Crippen LogP contribution in [0.3, 0.4) is 0 Å². The van der Waals surface area contributed by atoms with E-state index in [0.29, 0.717) is 19.0 Å². The number of allylic oxidation sites excluding steroid dienone is 1. The third kappa shape index (κ3) is 6.02. The Hall–Kier alpha value is -3.11. The number of aromatic nitrogens is 3. The molecule has 33 heavy (non-hydrogen) atoms. The van der Waals surface area contributed by atoms with Crippen LogP contribution in [0, 0.1) is 11.3 Å². The van der Waals surface area contributed by atoms with Crippen LogP contribution in [0.25, 0.3) is 21.9 Å². The van der Waals surface area contributed by atoms with Crippen molar-refractivity contribution in [1.82, 2.24) is 25.6 Å². The standard InChI is InChI=1S/C17H18N4O.C9H16N2/c1-22-17(11-5-4-6-11)19-10-15-20-14-9-18-13-8-3-2-7-12(13)16(14)21-15;10-7-4-8-11-9-5-2-1-3-6-9/h2-3,7-9,19H,4-6,10H2,1H3,(H,20,21);9,11H,1-6,8H2. The fourth-order valence-electron chi connectivity index (χ4n) is 4.47. The summed E-state index contributed by atoms with van der Waals surface area (Å²) in [5, 5.41) is 16.1. The number of imidazole rings is 1. The summed E-state index contributed by atoms with van der Waals surface area (Å²) in [5.41, 5.74) is 4.27. The Morgan fingerprint density at radius 1 is 1.18 bits per heavy atom. The third-order valence-electron chi connectivity index (χ3n) is 6.45. The minimum Gasteiger partial charge on any atom is -0.483 e. The predicted octanol–water partition coefficient (Wildman–Crippen LogP) is 5.06. The number of benzene rings is 1. The lowest BCUT2D eigenvalue weighted by atomic mass is 9.93. The van der Waals surface area contributed by atoms with Crippen LogP contribution in [0.15, 0.2) is 41.9 Å². The molecule has 2 aliphatic carbocycles. The zero-order valence-corrected chi connectivity index (χ0v) is 19.5. The van der Waals surface area contributed by atoms with Gasteiger partial charge in [0.25, 0.3) is 0 Å². The summed E-state index contributed by atoms with van der Waals surface area (Å²) in [6, 6.07) is 10.9. The average molecular weight is 447 g/mol. The van der Waals surface area contributed by atoms with Crippen LogP contribution in [0.4, 0.5) is 0 Å². The van der Waals surface area contributed by atoms with E-state index in [9.17, 15) is 0 Å². The molecule has 2 fully saturated rings. The number of hydrogen-bond donors (Lipinski definition) is 3. The first-order valence-electron chi connectivity index (χ1n) is 12.1. The molecule has 0 spiro atoms. The number of pyridine rings is 1. The highest BCUT2D eigenvalue weighted by molar-refractivity contribution is 6.01. The average Bonchev–Trinajstić information content (AvgIpc) is 3.25. The number of fused-ring (bicyclic) bond motifs is 3. The maximum atomic E-state index is 8.31. The summed E-state index contributed by atoms with van der Waals surface area (Å²) in [6.45, 7) is 1.50. The Morgan fingerprint density at radius 2 is 2.00 bits per heavy atom. The Bertz CT molecular complexity index is 1120. The van der Waals surface area contributed by atoms with Gasteiger partial charge in [-0.15, -0.1) is 0 Å². The molecule has 7 heteroatoms. The van der Waals surface area contributed by atoms with Crippen molar-refractivity contribution >= 4 is 21.9 Å². The summed E-state index contributed by atoms with van der Waals surface area (Å²) in [7, 11) is 1.71. The van der Waals surface area contributed by atoms with E-state index in [4.69, 9.17) is 15.0 Å². The quantitative estimate of drug-likeness (QED) is 0.346. The summed E-state index contributed by atoms with van der Waals surface area (Å²) in [4.78, 5) is 12.5. The monoisotopic (exact) mass is 446 g/mol. The molecule has 0 amide bonds. The highest BCUT2D eigenvalue weighted by Crippen LogP contribution is 2.28. The molecule has 2 aliphatic rings. The maximum Gasteiger partial charge on any atom is 0.185 e. The van der Waals surface area contributed by atoms with Crippen molar-refractivity contribution in [3.63, 3.8) is 0 Å². The number of nitrogens with one attached hydrogen (secondary N) is 3. The van der Waals surface area contributed by atoms with Crippen molar-refractivity contribution in [3.05, 3.63) is 47.7 Å². The highest BCUT2D eigenvalue weighted by atomic mass is 16.5. The normalized spacial score (nSPS) is 15.9. The minimum absolute atomic E-state index is 0.621. The second kappa shape index (κ2) is 11.7. The lowest BCUT2D eigenvalue weighted by Crippen LogP contribution is -2.31. The van der Waals surface area contributed by atoms with Crippen molar-refractivity contribution in [2.45, 2.75) is 70.4 Å². The van der Waals surface area contributed by atoms with E-state index < -0.39 is 0 Å². The molecular formula is C26H34N6O. The maximum absolute atomic E-state index is 8.31. The van der Waals surface area contributed by atoms with E-state index >= 15 is 0 Å². The van der Waals surface area contributed by atoms with Crippen LogP contribution in [0.1, 0.15) is 63.6 Å². The summed E-state index contributed by atoms with van der Waals surface area (Å²) < 4.78 is 5.43. The molecule has 0 saturated heterocycles. The van der Waals surface area contributed by atoms with Gasteiger partial charge in [-0.3, -0.25) is 4.98 Å². The van der Waals surface area contributed by atoms with Gasteiger partial charge in [-0.05, 0) is 43.7 Å². The van der Waals surface area contributed by atoms with Crippen LogP contribution < -0.4 is 10.6 Å². The summed E-state index contributed by atoms with van der Waals surface area (Å²) in [6.07, 6.45) is 12.8. The van der Waals surface area contributed by atoms with Crippen LogP contribution in [-0.4, -0.2) is 34.6 Å². The van der Waals surface area contributed by atoms with Crippen LogP contribution in [0.5, 0.6) is 0 Å². The van der Waals surface area contributed by atoms with Crippen molar-refractivity contribution in [2.24, 2.45) is 0 Å². The van der Waals surface area contributed by atoms with E-state index in [0.717, 1.165) is 53.0 Å². The summed E-state index contributed by atoms with van der Waals surface area (Å²) in [5.74, 6) is 1.79. The molecule has 7 nitrogen and oxygen atoms in total. The van der Waals surface area contributed by atoms with Crippen molar-refractivity contribution in [1.29, 1.82) is 5.26 Å². The first-order chi connectivity index (χ1) is 16.3. The van der Waals surface area contributed by atoms with Gasteiger partial charge in [0.2, 0.25) is 0 Å². The number of rotatable bonds is 7. The van der Waals surface area contributed by atoms with Gasteiger partial charge in [0.1, 0.15) is 5.82 Å². The third-order valence-corrected chi connectivity index (χ3v) is 6.45. The second-order valence-corrected chi connectivity index (χ2v) is 8.76. The van der Waals surface area contributed by atoms with E-state index in [1.54, 1.807) is 7.11 Å². The minimum atomic E-state index is 0.621. The van der Waals surface area contributed by atoms with Gasteiger partial charge in [0, 0.05) is 24.4 Å². The molecule has 0 radical (unpaired) electrons. The molecule has 174 valence electrons. The van der Waals surface area contributed by atoms with Gasteiger partial charge < -0.3 is 20.4 Å². The number of H-pyrrole nitrogens is 1. The first kappa shape index (κ1) is 23.1. The largest absolute Gasteiger partial charge is 0.483 e. The lowest BCUT2D eigenvalue weighted by Gasteiger charge is -2.22. The number of aromatic amines is 1. The molecule has 0 unspecified atom stereocenters. The molecule has 2 saturated carbocycles. The molecule has 0 aliphatic heterocycles. The molecule has 3 aromatic rings. The zero-order chi connectivity index (χ0) is 22.9. The van der Waals surface area contributed by atoms with E-state index in [2.05, 4.69) is 32.7 Å². The lowest BCUT2D eigenvalue weighted by molar-refractivity contribution is 0.246. The van der Waals surface area contributed by atoms with Crippen LogP contribution in [-0.2, 0) is 11.3 Å². The van der Waals surface area contributed by atoms with E-state index in [1.165, 1.54) is 44.1 Å². The summed E-state index contributed by atoms with van der Waals surface area (Å²) >= 11 is 0. The fourth-order valence-corrected chi connectivity index (χ4v) is 4.47. The first-order valence-corrected chi connectivity index (χ1v) is 12.1. The number of nitriles is 1. The van der Waals surface area contributed by atoms with Crippen molar-refractivity contribution in [3.8, 4) is 6.07 Å². The molecular weight excluding hydrogens is 412 g/mol. The zero-order valence-electron chi connectivity index (χ0n) is 19.5. The number of nitrogens with zero attached hydrogens (tertiary/aromatic N) is 3. The number of hydrogen-bond acceptors (Lipinski definition) is 6. The topological polar surface area (TPSA) is 98.7 Å². The highest BCUT2D eigenvalue weighted by Gasteiger charge is 2.16. The molecule has 1 aromatic carbocycles. The van der Waals surface area contributed by atoms with Crippen LogP contribution in [0.2, 0.25) is 0 Å². The van der Waals surface area contributed by atoms with Crippen LogP contribution >= 0.6 is 0 Å². The Labute approximate surface area is 195 Å². The molecule has 0 bridgehead atoms. The van der Waals surface area contributed by atoms with Gasteiger partial charge in [0.05, 0.1) is 42.5 Å². The molecule has 5 rings (SSSR count). The van der Waals surface area contributed by atoms with Gasteiger partial charge in [-0.2, -0.15) is 5.26 Å². The molecule has 2 aromatic heterocycles. The smallest absolute Gasteiger partial charge is 0.185 e. The molecule has 3 N–H and O–H groups in total. The Balaban J connectivity index is 0.000000200. The molecule has 0 atom stereocenters. The van der Waals surface area contributed by atoms with E-state index in [1.807, 2.05) is 24.4 Å². The predicted molar refractivity (Wildman–Crippen MR) is 131 cm³/mol. The number of para-hydroxylation sites is 1. The molecule has 2 heterocycles. The SMILES string of the molecule is COC(NCc1nc2c(cnc3ccccc32)[nH]1)=C1CCC1.N#CCCNC1CCCCC1. The Morgan fingerprint density at radius 3 is 2.73 bits per heavy atom. The van der Waals surface area contributed by atoms with Gasteiger partial charge in [-0.25, -0.2) is 4.98 Å². The van der Waals surface area contributed by atoms with Crippen molar-refractivity contribution in [2.75, 3.05) is 13.7 Å². The Kier molecular flexibility index (Phi) is 8.15. The van der Waals surface area contributed by atoms with Gasteiger partial charge >= 0.3 is 0 Å². The second-order valence-electron chi connectivity index (χ2n) is 8.76. The van der Waals surface area contributed by atoms with Gasteiger partial charge in [-0.1, -0.05) is 37.5 Å². The number of methoxy groups -OCH3 is 1.